The number of aromatic hydroxyl groups is 2. The van der Waals surface area contributed by atoms with Crippen molar-refractivity contribution in [1.29, 1.82) is 0 Å². The Labute approximate surface area is 428 Å². The summed E-state index contributed by atoms with van der Waals surface area (Å²) in [6, 6.07) is 12.6. The molecule has 0 radical (unpaired) electrons. The molecule has 8 unspecified atom stereocenters. The highest BCUT2D eigenvalue weighted by molar-refractivity contribution is 9.11. The van der Waals surface area contributed by atoms with Gasteiger partial charge < -0.3 is 10.2 Å². The van der Waals surface area contributed by atoms with Gasteiger partial charge in [-0.2, -0.15) is 0 Å². The van der Waals surface area contributed by atoms with Crippen molar-refractivity contribution in [3.63, 3.8) is 0 Å². The van der Waals surface area contributed by atoms with E-state index in [0.29, 0.717) is 11.5 Å². The quantitative estimate of drug-likeness (QED) is 0.0978. The van der Waals surface area contributed by atoms with E-state index in [0.717, 1.165) is 66.0 Å². The van der Waals surface area contributed by atoms with Crippen molar-refractivity contribution in [3.8, 4) is 11.5 Å². The summed E-state index contributed by atoms with van der Waals surface area (Å²) < 4.78 is 0. The first-order valence-electron chi connectivity index (χ1n) is 24.2. The van der Waals surface area contributed by atoms with Crippen molar-refractivity contribution in [2.24, 2.45) is 0 Å². The van der Waals surface area contributed by atoms with Gasteiger partial charge in [0.25, 0.3) is 0 Å². The van der Waals surface area contributed by atoms with Crippen LogP contribution in [0.1, 0.15) is 193 Å². The Balaban J connectivity index is 0.000000238. The third-order valence-electron chi connectivity index (χ3n) is 12.7. The van der Waals surface area contributed by atoms with Gasteiger partial charge in [0.2, 0.25) is 0 Å². The monoisotopic (exact) mass is 1060 g/mol. The molecule has 0 saturated carbocycles. The fraction of sp³-hybridized carbons (Fsp3) is 0.760. The van der Waals surface area contributed by atoms with Crippen molar-refractivity contribution in [1.82, 2.24) is 0 Å². The van der Waals surface area contributed by atoms with E-state index in [1.165, 1.54) is 127 Å². The topological polar surface area (TPSA) is 40.5 Å². The van der Waals surface area contributed by atoms with Crippen LogP contribution in [0.15, 0.2) is 36.4 Å². The van der Waals surface area contributed by atoms with Crippen molar-refractivity contribution >= 4 is 116 Å². The molecular weight excluding hydrogens is 985 g/mol. The summed E-state index contributed by atoms with van der Waals surface area (Å²) in [6.07, 6.45) is 26.4. The zero-order valence-corrected chi connectivity index (χ0v) is 48.6. The molecule has 2 aromatic rings. The molecule has 4 aliphatic rings. The van der Waals surface area contributed by atoms with Crippen LogP contribution >= 0.6 is 116 Å². The van der Waals surface area contributed by atoms with E-state index in [2.05, 4.69) is 195 Å². The zero-order chi connectivity index (χ0) is 45.2. The van der Waals surface area contributed by atoms with Crippen LogP contribution in [0.25, 0.3) is 0 Å². The smallest absolute Gasteiger partial charge is 0.119 e. The van der Waals surface area contributed by atoms with Crippen LogP contribution in [0, 0.1) is 0 Å². The van der Waals surface area contributed by atoms with Crippen LogP contribution < -0.4 is 0 Å². The second kappa shape index (κ2) is 29.3. The molecule has 0 aromatic heterocycles. The molecule has 6 rings (SSSR count). The molecule has 4 saturated heterocycles. The Morgan fingerprint density at radius 3 is 1.13 bits per heavy atom. The van der Waals surface area contributed by atoms with E-state index in [1.807, 2.05) is 12.1 Å². The van der Waals surface area contributed by atoms with Crippen molar-refractivity contribution in [2.45, 2.75) is 237 Å². The van der Waals surface area contributed by atoms with Gasteiger partial charge in [-0.05, 0) is 139 Å². The van der Waals surface area contributed by atoms with Gasteiger partial charge >= 0.3 is 0 Å². The van der Waals surface area contributed by atoms with Crippen molar-refractivity contribution in [2.75, 3.05) is 0 Å². The van der Waals surface area contributed by atoms with Gasteiger partial charge in [-0.3, -0.25) is 0 Å². The van der Waals surface area contributed by atoms with Gasteiger partial charge in [-0.15, -0.1) is 0 Å². The summed E-state index contributed by atoms with van der Waals surface area (Å²) in [5.41, 5.74) is 4.65. The molecule has 4 heterocycles. The number of benzene rings is 2. The predicted octanol–water partition coefficient (Wildman–Crippen LogP) is 20.0. The SMILES string of the molecule is CCCC1SSSC(CCCCCCCc2ccc(C(C)(C)C)c(O)c2)C2CC1SS2.CCCC1SSSC(CCCCCCCc2ccc(C(C)(C)C)c(O)c2)C2CC1SSS2. The normalized spacial score (nSPS) is 26.5. The molecular formula is C50H80O2S11. The minimum Gasteiger partial charge on any atom is -0.508 e. The van der Waals surface area contributed by atoms with Crippen LogP contribution in [-0.2, 0) is 23.7 Å². The van der Waals surface area contributed by atoms with E-state index in [9.17, 15) is 10.2 Å². The number of phenolic OH excluding ortho intramolecular Hbond substituents is 2. The molecule has 13 heteroatoms. The Morgan fingerprint density at radius 2 is 0.762 bits per heavy atom. The molecule has 63 heavy (non-hydrogen) atoms. The third-order valence-corrected chi connectivity index (χ3v) is 32.2. The average molecular weight is 1070 g/mol. The average Bonchev–Trinajstić information content (AvgIpc) is 3.74. The minimum atomic E-state index is 0.000351. The molecule has 4 aliphatic heterocycles. The zero-order valence-electron chi connectivity index (χ0n) is 39.6. The largest absolute Gasteiger partial charge is 0.508 e. The summed E-state index contributed by atoms with van der Waals surface area (Å²) in [5.74, 6) is 0.923. The van der Waals surface area contributed by atoms with Gasteiger partial charge in [0, 0.05) is 42.0 Å². The number of hydrogen-bond donors (Lipinski definition) is 2. The van der Waals surface area contributed by atoms with E-state index in [4.69, 9.17) is 0 Å². The van der Waals surface area contributed by atoms with Crippen LogP contribution in [0.2, 0.25) is 0 Å². The Kier molecular flexibility index (Phi) is 25.9. The van der Waals surface area contributed by atoms with E-state index in [-0.39, 0.29) is 10.8 Å². The molecule has 2 N–H and O–H groups in total. The number of fused-ring (bicyclic) bond motifs is 4. The first-order valence-corrected chi connectivity index (χ1v) is 37.3. The first kappa shape index (κ1) is 55.8. The highest BCUT2D eigenvalue weighted by atomic mass is 33.5. The highest BCUT2D eigenvalue weighted by Gasteiger charge is 2.39. The fourth-order valence-corrected chi connectivity index (χ4v) is 32.6. The molecule has 0 spiro atoms. The number of aryl methyl sites for hydroxylation is 2. The third kappa shape index (κ3) is 19.2. The fourth-order valence-electron chi connectivity index (χ4n) is 8.88. The second-order valence-electron chi connectivity index (χ2n) is 20.1. The van der Waals surface area contributed by atoms with Gasteiger partial charge in [0.15, 0.2) is 0 Å². The molecule has 8 atom stereocenters. The van der Waals surface area contributed by atoms with Gasteiger partial charge in [-0.1, -0.05) is 230 Å². The maximum Gasteiger partial charge on any atom is 0.119 e. The molecule has 358 valence electrons. The van der Waals surface area contributed by atoms with Crippen molar-refractivity contribution < 1.29 is 10.2 Å². The number of rotatable bonds is 20. The van der Waals surface area contributed by atoms with Crippen LogP contribution in [0.4, 0.5) is 0 Å². The summed E-state index contributed by atoms with van der Waals surface area (Å²) in [7, 11) is 23.6. The number of phenols is 2. The lowest BCUT2D eigenvalue weighted by Crippen LogP contribution is -2.31. The summed E-state index contributed by atoms with van der Waals surface area (Å²) >= 11 is 0. The molecule has 0 amide bonds. The lowest BCUT2D eigenvalue weighted by atomic mass is 9.85. The standard InChI is InChI=1S/C25H40OS6.C25H40OS5/c1-5-11-21-23-17-24(30-32-29-23)22(28-31-27-21)13-10-8-6-7-9-12-18-14-15-19(20(26)16-18)25(2,3)4;1-5-11-21-23-17-24(28-27-23)22(30-31-29-21)13-10-8-6-7-9-12-18-14-15-19(20(26)16-18)25(2,3)4/h14-16,21-24,26H,5-13,17H2,1-4H3;14-16,21-24,26H,5-13,17H2,1-4H3. The second-order valence-corrected chi connectivity index (χ2v) is 36.5. The van der Waals surface area contributed by atoms with Gasteiger partial charge in [0.1, 0.15) is 11.5 Å². The first-order chi connectivity index (χ1) is 30.3. The minimum absolute atomic E-state index is 0.000351. The van der Waals surface area contributed by atoms with Gasteiger partial charge in [-0.25, -0.2) is 0 Å². The molecule has 0 aliphatic carbocycles. The van der Waals surface area contributed by atoms with Crippen LogP contribution in [0.5, 0.6) is 11.5 Å². The van der Waals surface area contributed by atoms with E-state index >= 15 is 0 Å². The van der Waals surface area contributed by atoms with E-state index < -0.39 is 0 Å². The highest BCUT2D eigenvalue weighted by Crippen LogP contribution is 2.61. The van der Waals surface area contributed by atoms with Gasteiger partial charge in [0.05, 0.1) is 0 Å². The molecule has 2 nitrogen and oxygen atoms in total. The Bertz CT molecular complexity index is 1600. The summed E-state index contributed by atoms with van der Waals surface area (Å²) in [5, 5.41) is 27.5. The Hall–Kier alpha value is 1.89. The summed E-state index contributed by atoms with van der Waals surface area (Å²) in [4.78, 5) is 0. The number of hydrogen-bond acceptors (Lipinski definition) is 13. The number of unbranched alkanes of at least 4 members (excludes halogenated alkanes) is 8. The molecule has 4 fully saturated rings. The maximum absolute atomic E-state index is 10.4. The maximum atomic E-state index is 10.4. The van der Waals surface area contributed by atoms with Crippen molar-refractivity contribution in [3.05, 3.63) is 58.7 Å². The lowest BCUT2D eigenvalue weighted by Gasteiger charge is -2.38. The van der Waals surface area contributed by atoms with Crippen LogP contribution in [-0.4, -0.2) is 52.2 Å². The molecule has 4 bridgehead atoms. The van der Waals surface area contributed by atoms with Crippen LogP contribution in [0.3, 0.4) is 0 Å². The lowest BCUT2D eigenvalue weighted by molar-refractivity contribution is 0.445. The molecule has 2 aromatic carbocycles. The van der Waals surface area contributed by atoms with E-state index in [1.54, 1.807) is 0 Å². The Morgan fingerprint density at radius 1 is 0.429 bits per heavy atom. The summed E-state index contributed by atoms with van der Waals surface area (Å²) in [6.45, 7) is 17.6. The predicted molar refractivity (Wildman–Crippen MR) is 309 cm³/mol.